The second-order valence-corrected chi connectivity index (χ2v) is 3.84. The first-order valence-corrected chi connectivity index (χ1v) is 5.78. The summed E-state index contributed by atoms with van der Waals surface area (Å²) in [7, 11) is 3.04. The Hall–Kier alpha value is -2.70. The minimum absolute atomic E-state index is 0.111. The Kier molecular flexibility index (Phi) is 4.09. The molecule has 0 spiro atoms. The summed E-state index contributed by atoms with van der Waals surface area (Å²) in [6, 6.07) is 4.14. The van der Waals surface area contributed by atoms with Crippen LogP contribution in [0.15, 0.2) is 30.6 Å². The van der Waals surface area contributed by atoms with E-state index < -0.39 is 11.7 Å². The molecule has 0 unspecified atom stereocenters. The monoisotopic (exact) mass is 276 g/mol. The van der Waals surface area contributed by atoms with Crippen molar-refractivity contribution < 1.29 is 13.9 Å². The van der Waals surface area contributed by atoms with Gasteiger partial charge in [0.2, 0.25) is 0 Å². The van der Waals surface area contributed by atoms with Crippen LogP contribution < -0.4 is 15.4 Å². The average Bonchev–Trinajstić information content (AvgIpc) is 2.47. The van der Waals surface area contributed by atoms with Crippen molar-refractivity contribution >= 4 is 17.4 Å². The maximum Gasteiger partial charge on any atom is 0.275 e. The van der Waals surface area contributed by atoms with Crippen LogP contribution in [0, 0.1) is 5.82 Å². The van der Waals surface area contributed by atoms with Crippen LogP contribution in [0.3, 0.4) is 0 Å². The topological polar surface area (TPSA) is 76.1 Å². The predicted molar refractivity (Wildman–Crippen MR) is 72.5 cm³/mol. The third-order valence-corrected chi connectivity index (χ3v) is 2.53. The molecule has 0 aliphatic heterocycles. The Balaban J connectivity index is 2.16. The Morgan fingerprint density at radius 3 is 2.80 bits per heavy atom. The van der Waals surface area contributed by atoms with Gasteiger partial charge in [-0.15, -0.1) is 0 Å². The lowest BCUT2D eigenvalue weighted by atomic mass is 10.2. The van der Waals surface area contributed by atoms with E-state index in [1.165, 1.54) is 37.7 Å². The third-order valence-electron chi connectivity index (χ3n) is 2.53. The number of nitrogens with zero attached hydrogens (tertiary/aromatic N) is 2. The smallest absolute Gasteiger partial charge is 0.275 e. The number of anilines is 2. The maximum atomic E-state index is 13.5. The molecule has 2 aromatic rings. The first kappa shape index (κ1) is 13.7. The molecule has 0 aliphatic rings. The van der Waals surface area contributed by atoms with Gasteiger partial charge in [-0.25, -0.2) is 9.37 Å². The zero-order chi connectivity index (χ0) is 14.5. The number of methoxy groups -OCH3 is 1. The van der Waals surface area contributed by atoms with E-state index in [2.05, 4.69) is 20.6 Å². The molecule has 1 aromatic carbocycles. The number of rotatable bonds is 4. The lowest BCUT2D eigenvalue weighted by Crippen LogP contribution is -2.15. The zero-order valence-corrected chi connectivity index (χ0v) is 11.0. The van der Waals surface area contributed by atoms with E-state index in [0.29, 0.717) is 11.5 Å². The van der Waals surface area contributed by atoms with Crippen molar-refractivity contribution in [2.75, 3.05) is 24.8 Å². The Labute approximate surface area is 115 Å². The highest BCUT2D eigenvalue weighted by Crippen LogP contribution is 2.20. The van der Waals surface area contributed by atoms with Gasteiger partial charge in [-0.3, -0.25) is 9.78 Å². The van der Waals surface area contributed by atoms with Crippen LogP contribution in [-0.4, -0.2) is 30.0 Å². The van der Waals surface area contributed by atoms with Gasteiger partial charge in [-0.1, -0.05) is 0 Å². The molecular weight excluding hydrogens is 263 g/mol. The lowest BCUT2D eigenvalue weighted by molar-refractivity contribution is 0.102. The molecular formula is C13H13FN4O2. The summed E-state index contributed by atoms with van der Waals surface area (Å²) < 4.78 is 18.3. The Morgan fingerprint density at radius 2 is 2.15 bits per heavy atom. The summed E-state index contributed by atoms with van der Waals surface area (Å²) in [6.07, 6.45) is 2.82. The molecule has 0 atom stereocenters. The van der Waals surface area contributed by atoms with Gasteiger partial charge in [0.25, 0.3) is 5.91 Å². The van der Waals surface area contributed by atoms with E-state index in [0.717, 1.165) is 0 Å². The van der Waals surface area contributed by atoms with Crippen LogP contribution in [0.4, 0.5) is 15.9 Å². The zero-order valence-electron chi connectivity index (χ0n) is 11.0. The summed E-state index contributed by atoms with van der Waals surface area (Å²) in [6.45, 7) is 0. The normalized spacial score (nSPS) is 9.95. The van der Waals surface area contributed by atoms with Gasteiger partial charge < -0.3 is 15.4 Å². The largest absolute Gasteiger partial charge is 0.494 e. The number of hydrogen-bond acceptors (Lipinski definition) is 5. The summed E-state index contributed by atoms with van der Waals surface area (Å²) in [5.41, 5.74) is 0.443. The molecule has 0 saturated heterocycles. The van der Waals surface area contributed by atoms with Gasteiger partial charge in [0.05, 0.1) is 19.5 Å². The Morgan fingerprint density at radius 1 is 1.35 bits per heavy atom. The predicted octanol–water partition coefficient (Wildman–Crippen LogP) is 1.92. The quantitative estimate of drug-likeness (QED) is 0.892. The number of amides is 1. The maximum absolute atomic E-state index is 13.5. The molecule has 2 N–H and O–H groups in total. The summed E-state index contributed by atoms with van der Waals surface area (Å²) in [5, 5.41) is 5.32. The minimum atomic E-state index is -0.555. The fraction of sp³-hybridized carbons (Fsp3) is 0.154. The van der Waals surface area contributed by atoms with Crippen LogP contribution in [-0.2, 0) is 0 Å². The number of hydrogen-bond donors (Lipinski definition) is 2. The van der Waals surface area contributed by atoms with Crippen molar-refractivity contribution in [3.8, 4) is 5.75 Å². The van der Waals surface area contributed by atoms with E-state index >= 15 is 0 Å². The second-order valence-electron chi connectivity index (χ2n) is 3.84. The number of carbonyl (C=O) groups excluding carboxylic acids is 1. The van der Waals surface area contributed by atoms with E-state index in [9.17, 15) is 9.18 Å². The van der Waals surface area contributed by atoms with Crippen LogP contribution >= 0.6 is 0 Å². The number of nitrogens with one attached hydrogen (secondary N) is 2. The first-order valence-electron chi connectivity index (χ1n) is 5.78. The van der Waals surface area contributed by atoms with Crippen molar-refractivity contribution in [3.63, 3.8) is 0 Å². The van der Waals surface area contributed by atoms with Gasteiger partial charge in [0.1, 0.15) is 11.5 Å². The summed E-state index contributed by atoms with van der Waals surface area (Å²) in [4.78, 5) is 19.9. The minimum Gasteiger partial charge on any atom is -0.494 e. The molecule has 0 bridgehead atoms. The van der Waals surface area contributed by atoms with E-state index in [-0.39, 0.29) is 11.4 Å². The summed E-state index contributed by atoms with van der Waals surface area (Å²) >= 11 is 0. The van der Waals surface area contributed by atoms with Gasteiger partial charge >= 0.3 is 0 Å². The fourth-order valence-electron chi connectivity index (χ4n) is 1.54. The number of benzene rings is 1. The molecule has 1 aromatic heterocycles. The highest BCUT2D eigenvalue weighted by atomic mass is 19.1. The highest BCUT2D eigenvalue weighted by molar-refractivity contribution is 6.02. The number of halogens is 1. The van der Waals surface area contributed by atoms with E-state index in [1.807, 2.05) is 0 Å². The van der Waals surface area contributed by atoms with Gasteiger partial charge in [-0.05, 0) is 12.1 Å². The van der Waals surface area contributed by atoms with Gasteiger partial charge in [0.15, 0.2) is 11.6 Å². The number of carbonyl (C=O) groups is 1. The van der Waals surface area contributed by atoms with Crippen LogP contribution in [0.1, 0.15) is 10.5 Å². The SMILES string of the molecule is CNc1cncc(C(=O)Nc2ccc(OC)c(F)c2)n1. The van der Waals surface area contributed by atoms with E-state index in [4.69, 9.17) is 4.74 Å². The molecule has 2 rings (SSSR count). The van der Waals surface area contributed by atoms with Gasteiger partial charge in [0, 0.05) is 18.8 Å². The fourth-order valence-corrected chi connectivity index (χ4v) is 1.54. The van der Waals surface area contributed by atoms with Crippen LogP contribution in [0.5, 0.6) is 5.75 Å². The summed E-state index contributed by atoms with van der Waals surface area (Å²) in [5.74, 6) is -0.446. The Bertz CT molecular complexity index is 634. The molecule has 6 nitrogen and oxygen atoms in total. The van der Waals surface area contributed by atoms with Crippen LogP contribution in [0.2, 0.25) is 0 Å². The molecule has 0 saturated carbocycles. The number of aromatic nitrogens is 2. The molecule has 20 heavy (non-hydrogen) atoms. The second kappa shape index (κ2) is 5.96. The highest BCUT2D eigenvalue weighted by Gasteiger charge is 2.10. The molecule has 0 aliphatic carbocycles. The van der Waals surface area contributed by atoms with Crippen molar-refractivity contribution in [1.82, 2.24) is 9.97 Å². The van der Waals surface area contributed by atoms with Crippen molar-refractivity contribution in [2.24, 2.45) is 0 Å². The van der Waals surface area contributed by atoms with Crippen LogP contribution in [0.25, 0.3) is 0 Å². The van der Waals surface area contributed by atoms with Crippen molar-refractivity contribution in [1.29, 1.82) is 0 Å². The number of ether oxygens (including phenoxy) is 1. The molecule has 0 fully saturated rings. The van der Waals surface area contributed by atoms with Crippen molar-refractivity contribution in [2.45, 2.75) is 0 Å². The molecule has 1 heterocycles. The molecule has 0 radical (unpaired) electrons. The lowest BCUT2D eigenvalue weighted by Gasteiger charge is -2.07. The molecule has 7 heteroatoms. The van der Waals surface area contributed by atoms with E-state index in [1.54, 1.807) is 7.05 Å². The standard InChI is InChI=1S/C13H13FN4O2/c1-15-12-7-16-6-10(18-12)13(19)17-8-3-4-11(20-2)9(14)5-8/h3-7H,1-2H3,(H,15,18)(H,17,19). The average molecular weight is 276 g/mol. The first-order chi connectivity index (χ1) is 9.63. The molecule has 1 amide bonds. The molecule has 104 valence electrons. The van der Waals surface area contributed by atoms with Crippen molar-refractivity contribution in [3.05, 3.63) is 42.1 Å². The third kappa shape index (κ3) is 3.00. The van der Waals surface area contributed by atoms with Gasteiger partial charge in [-0.2, -0.15) is 0 Å².